The number of nitrogens with one attached hydrogen (secondary N) is 1. The number of amides is 1. The molecule has 26 heavy (non-hydrogen) atoms. The fraction of sp³-hybridized carbons (Fsp3) is 0.0556. The molecule has 4 aromatic rings. The Kier molecular flexibility index (Phi) is 3.85. The molecular weight excluding hydrogens is 335 g/mol. The van der Waals surface area contributed by atoms with Crippen molar-refractivity contribution in [2.24, 2.45) is 0 Å². The van der Waals surface area contributed by atoms with E-state index in [9.17, 15) is 9.18 Å². The lowest BCUT2D eigenvalue weighted by Crippen LogP contribution is -2.23. The first-order valence-corrected chi connectivity index (χ1v) is 7.81. The summed E-state index contributed by atoms with van der Waals surface area (Å²) < 4.78 is 14.7. The molecule has 0 aliphatic carbocycles. The predicted molar refractivity (Wildman–Crippen MR) is 93.4 cm³/mol. The number of fused-ring (bicyclic) bond motifs is 1. The van der Waals surface area contributed by atoms with Crippen LogP contribution >= 0.6 is 0 Å². The van der Waals surface area contributed by atoms with Gasteiger partial charge in [-0.05, 0) is 31.2 Å². The summed E-state index contributed by atoms with van der Waals surface area (Å²) in [5.41, 5.74) is 4.62. The Morgan fingerprint density at radius 2 is 2.04 bits per heavy atom. The summed E-state index contributed by atoms with van der Waals surface area (Å²) in [5, 5.41) is 0.587. The van der Waals surface area contributed by atoms with Gasteiger partial charge in [-0.15, -0.1) is 0 Å². The molecule has 7 nitrogen and oxygen atoms in total. The number of aryl methyl sites for hydroxylation is 1. The van der Waals surface area contributed by atoms with Crippen molar-refractivity contribution in [1.82, 2.24) is 24.6 Å². The first kappa shape index (κ1) is 15.8. The molecule has 4 heterocycles. The molecule has 4 aromatic heterocycles. The summed E-state index contributed by atoms with van der Waals surface area (Å²) in [4.78, 5) is 29.3. The molecule has 0 atom stereocenters. The molecule has 1 amide bonds. The molecule has 0 aliphatic heterocycles. The zero-order valence-corrected chi connectivity index (χ0v) is 13.7. The van der Waals surface area contributed by atoms with Crippen molar-refractivity contribution >= 4 is 16.9 Å². The van der Waals surface area contributed by atoms with E-state index >= 15 is 0 Å². The molecule has 0 radical (unpaired) electrons. The first-order chi connectivity index (χ1) is 12.6. The van der Waals surface area contributed by atoms with Crippen molar-refractivity contribution in [3.8, 4) is 11.5 Å². The molecule has 0 saturated heterocycles. The number of nitrogens with zero attached hydrogens (tertiary/aromatic N) is 5. The second-order valence-corrected chi connectivity index (χ2v) is 5.60. The maximum atomic E-state index is 13.2. The van der Waals surface area contributed by atoms with E-state index < -0.39 is 11.7 Å². The van der Waals surface area contributed by atoms with Gasteiger partial charge in [0.25, 0.3) is 5.91 Å². The van der Waals surface area contributed by atoms with Gasteiger partial charge in [-0.3, -0.25) is 15.2 Å². The Balaban J connectivity index is 1.62. The lowest BCUT2D eigenvalue weighted by Gasteiger charge is -2.09. The molecule has 128 valence electrons. The van der Waals surface area contributed by atoms with E-state index in [2.05, 4.69) is 25.4 Å². The molecule has 0 saturated carbocycles. The van der Waals surface area contributed by atoms with Gasteiger partial charge in [0, 0.05) is 24.0 Å². The molecule has 0 aliphatic rings. The van der Waals surface area contributed by atoms with Crippen molar-refractivity contribution in [2.75, 3.05) is 5.43 Å². The highest BCUT2D eigenvalue weighted by Crippen LogP contribution is 2.15. The number of carbonyl (C=O) groups excluding carboxylic acids is 1. The summed E-state index contributed by atoms with van der Waals surface area (Å²) >= 11 is 0. The number of rotatable bonds is 3. The first-order valence-electron chi connectivity index (χ1n) is 7.81. The normalized spacial score (nSPS) is 10.8. The van der Waals surface area contributed by atoms with Crippen molar-refractivity contribution in [3.63, 3.8) is 0 Å². The quantitative estimate of drug-likeness (QED) is 0.615. The number of aromatic nitrogens is 5. The lowest BCUT2D eigenvalue weighted by atomic mass is 10.2. The van der Waals surface area contributed by atoms with Crippen LogP contribution in [0, 0.1) is 12.7 Å². The van der Waals surface area contributed by atoms with Crippen LogP contribution < -0.4 is 5.43 Å². The zero-order chi connectivity index (χ0) is 18.1. The highest BCUT2D eigenvalue weighted by molar-refractivity contribution is 6.01. The van der Waals surface area contributed by atoms with E-state index in [0.717, 1.165) is 6.20 Å². The molecule has 0 bridgehead atoms. The third-order valence-electron chi connectivity index (χ3n) is 3.83. The molecule has 1 N–H and O–H groups in total. The summed E-state index contributed by atoms with van der Waals surface area (Å²) in [5.74, 6) is -0.377. The number of hydrogen-bond donors (Lipinski definition) is 1. The minimum atomic E-state index is -0.434. The summed E-state index contributed by atoms with van der Waals surface area (Å²) in [6.07, 6.45) is 5.82. The number of pyridine rings is 2. The van der Waals surface area contributed by atoms with Crippen molar-refractivity contribution in [3.05, 3.63) is 72.2 Å². The third kappa shape index (κ3) is 2.88. The van der Waals surface area contributed by atoms with E-state index in [1.807, 2.05) is 6.07 Å². The third-order valence-corrected chi connectivity index (χ3v) is 3.83. The SMILES string of the molecule is Cc1nc(-c2ccccn2)ncc1C(=O)Nn1ccc2cc(F)cnc21. The largest absolute Gasteiger partial charge is 0.273 e. The van der Waals surface area contributed by atoms with E-state index in [-0.39, 0.29) is 0 Å². The van der Waals surface area contributed by atoms with Crippen LogP contribution in [-0.2, 0) is 0 Å². The van der Waals surface area contributed by atoms with Crippen molar-refractivity contribution in [1.29, 1.82) is 0 Å². The number of halogens is 1. The molecule has 0 aromatic carbocycles. The lowest BCUT2D eigenvalue weighted by molar-refractivity contribution is 0.101. The summed E-state index contributed by atoms with van der Waals surface area (Å²) in [6, 6.07) is 8.46. The van der Waals surface area contributed by atoms with Crippen LogP contribution in [0.1, 0.15) is 16.1 Å². The van der Waals surface area contributed by atoms with Crippen LogP contribution in [0.4, 0.5) is 4.39 Å². The highest BCUT2D eigenvalue weighted by atomic mass is 19.1. The van der Waals surface area contributed by atoms with Crippen LogP contribution in [-0.4, -0.2) is 30.5 Å². The molecule has 0 unspecified atom stereocenters. The Morgan fingerprint density at radius 1 is 1.15 bits per heavy atom. The average molecular weight is 348 g/mol. The fourth-order valence-corrected chi connectivity index (χ4v) is 2.57. The van der Waals surface area contributed by atoms with Crippen LogP contribution in [0.2, 0.25) is 0 Å². The maximum absolute atomic E-state index is 13.2. The monoisotopic (exact) mass is 348 g/mol. The van der Waals surface area contributed by atoms with Gasteiger partial charge in [-0.25, -0.2) is 24.0 Å². The van der Waals surface area contributed by atoms with Gasteiger partial charge in [0.05, 0.1) is 17.5 Å². The van der Waals surface area contributed by atoms with Gasteiger partial charge in [0.2, 0.25) is 0 Å². The van der Waals surface area contributed by atoms with Crippen molar-refractivity contribution < 1.29 is 9.18 Å². The van der Waals surface area contributed by atoms with Crippen LogP contribution in [0.3, 0.4) is 0 Å². The maximum Gasteiger partial charge on any atom is 0.273 e. The Labute approximate surface area is 147 Å². The highest BCUT2D eigenvalue weighted by Gasteiger charge is 2.14. The summed E-state index contributed by atoms with van der Waals surface area (Å²) in [7, 11) is 0. The molecule has 8 heteroatoms. The fourth-order valence-electron chi connectivity index (χ4n) is 2.57. The second kappa shape index (κ2) is 6.32. The number of hydrogen-bond acceptors (Lipinski definition) is 5. The molecular formula is C18H13FN6O. The standard InChI is InChI=1S/C18H13FN6O/c1-11-14(10-21-16(23-11)15-4-2-3-6-20-15)18(26)24-25-7-5-12-8-13(19)9-22-17(12)25/h2-10H,1H3,(H,24,26). The molecule has 0 spiro atoms. The molecule has 0 fully saturated rings. The van der Waals surface area contributed by atoms with Gasteiger partial charge in [-0.2, -0.15) is 0 Å². The van der Waals surface area contributed by atoms with E-state index in [0.29, 0.717) is 33.8 Å². The predicted octanol–water partition coefficient (Wildman–Crippen LogP) is 2.72. The van der Waals surface area contributed by atoms with Gasteiger partial charge in [0.1, 0.15) is 11.5 Å². The van der Waals surface area contributed by atoms with Gasteiger partial charge < -0.3 is 0 Å². The van der Waals surface area contributed by atoms with Gasteiger partial charge >= 0.3 is 0 Å². The van der Waals surface area contributed by atoms with E-state index in [1.54, 1.807) is 37.5 Å². The van der Waals surface area contributed by atoms with Crippen LogP contribution in [0.15, 0.2) is 55.1 Å². The van der Waals surface area contributed by atoms with Crippen LogP contribution in [0.5, 0.6) is 0 Å². The minimum Gasteiger partial charge on any atom is -0.267 e. The minimum absolute atomic E-state index is 0.327. The number of carbonyl (C=O) groups is 1. The Morgan fingerprint density at radius 3 is 2.81 bits per heavy atom. The molecule has 4 rings (SSSR count). The Bertz CT molecular complexity index is 1110. The second-order valence-electron chi connectivity index (χ2n) is 5.60. The van der Waals surface area contributed by atoms with Crippen molar-refractivity contribution in [2.45, 2.75) is 6.92 Å². The topological polar surface area (TPSA) is 85.6 Å². The van der Waals surface area contributed by atoms with Gasteiger partial charge in [0.15, 0.2) is 11.5 Å². The van der Waals surface area contributed by atoms with E-state index in [4.69, 9.17) is 0 Å². The van der Waals surface area contributed by atoms with E-state index in [1.165, 1.54) is 16.9 Å². The Hall–Kier alpha value is -3.68. The summed E-state index contributed by atoms with van der Waals surface area (Å²) in [6.45, 7) is 1.73. The van der Waals surface area contributed by atoms with Gasteiger partial charge in [-0.1, -0.05) is 6.07 Å². The van der Waals surface area contributed by atoms with Crippen LogP contribution in [0.25, 0.3) is 22.6 Å². The zero-order valence-electron chi connectivity index (χ0n) is 13.7. The average Bonchev–Trinajstić information content (AvgIpc) is 3.04. The smallest absolute Gasteiger partial charge is 0.267 e.